The first-order chi connectivity index (χ1) is 8.70. The van der Waals surface area contributed by atoms with Crippen LogP contribution in [0, 0.1) is 6.92 Å². The molecule has 2 rings (SSSR count). The third kappa shape index (κ3) is 2.84. The zero-order chi connectivity index (χ0) is 13.0. The Kier molecular flexibility index (Phi) is 3.89. The molecule has 0 aliphatic heterocycles. The van der Waals surface area contributed by atoms with Crippen LogP contribution in [-0.2, 0) is 6.54 Å². The van der Waals surface area contributed by atoms with E-state index >= 15 is 0 Å². The second-order valence-corrected chi connectivity index (χ2v) is 4.21. The van der Waals surface area contributed by atoms with E-state index in [4.69, 9.17) is 11.6 Å². The van der Waals surface area contributed by atoms with Crippen LogP contribution in [0.15, 0.2) is 30.6 Å². The Hall–Kier alpha value is -1.94. The van der Waals surface area contributed by atoms with Gasteiger partial charge in [0.2, 0.25) is 0 Å². The lowest BCUT2D eigenvalue weighted by Crippen LogP contribution is -2.04. The SMILES string of the molecule is Cc1ccncc1CNc1ccc(C=O)c(Cl)n1. The van der Waals surface area contributed by atoms with Gasteiger partial charge in [0, 0.05) is 18.9 Å². The van der Waals surface area contributed by atoms with Gasteiger partial charge in [-0.05, 0) is 36.2 Å². The van der Waals surface area contributed by atoms with E-state index in [1.165, 1.54) is 0 Å². The van der Waals surface area contributed by atoms with Gasteiger partial charge in [-0.2, -0.15) is 0 Å². The maximum atomic E-state index is 10.6. The van der Waals surface area contributed by atoms with Crippen LogP contribution in [0.2, 0.25) is 5.15 Å². The number of aryl methyl sites for hydroxylation is 1. The van der Waals surface area contributed by atoms with Crippen LogP contribution in [0.5, 0.6) is 0 Å². The number of halogens is 1. The number of carbonyl (C=O) groups is 1. The Morgan fingerprint density at radius 1 is 1.39 bits per heavy atom. The molecule has 0 atom stereocenters. The highest BCUT2D eigenvalue weighted by molar-refractivity contribution is 6.31. The van der Waals surface area contributed by atoms with Crippen molar-refractivity contribution in [1.29, 1.82) is 0 Å². The molecule has 5 heteroatoms. The van der Waals surface area contributed by atoms with Crippen LogP contribution in [0.25, 0.3) is 0 Å². The average Bonchev–Trinajstić information content (AvgIpc) is 2.38. The molecule has 2 aromatic heterocycles. The molecule has 0 amide bonds. The summed E-state index contributed by atoms with van der Waals surface area (Å²) in [5, 5.41) is 3.35. The lowest BCUT2D eigenvalue weighted by atomic mass is 10.1. The minimum atomic E-state index is 0.206. The molecule has 18 heavy (non-hydrogen) atoms. The first-order valence-corrected chi connectivity index (χ1v) is 5.83. The maximum Gasteiger partial charge on any atom is 0.153 e. The van der Waals surface area contributed by atoms with Gasteiger partial charge < -0.3 is 5.32 Å². The van der Waals surface area contributed by atoms with Crippen molar-refractivity contribution in [2.45, 2.75) is 13.5 Å². The van der Waals surface area contributed by atoms with Gasteiger partial charge in [-0.3, -0.25) is 9.78 Å². The number of hydrogen-bond acceptors (Lipinski definition) is 4. The molecule has 92 valence electrons. The zero-order valence-corrected chi connectivity index (χ0v) is 10.6. The van der Waals surface area contributed by atoms with E-state index in [9.17, 15) is 4.79 Å². The highest BCUT2D eigenvalue weighted by Gasteiger charge is 2.03. The third-order valence-corrected chi connectivity index (χ3v) is 2.91. The van der Waals surface area contributed by atoms with Gasteiger partial charge in [-0.1, -0.05) is 11.6 Å². The summed E-state index contributed by atoms with van der Waals surface area (Å²) in [6.07, 6.45) is 4.25. The monoisotopic (exact) mass is 261 g/mol. The van der Waals surface area contributed by atoms with Crippen molar-refractivity contribution < 1.29 is 4.79 Å². The van der Waals surface area contributed by atoms with Crippen molar-refractivity contribution in [2.24, 2.45) is 0 Å². The number of aromatic nitrogens is 2. The second kappa shape index (κ2) is 5.60. The van der Waals surface area contributed by atoms with Gasteiger partial charge in [-0.15, -0.1) is 0 Å². The van der Waals surface area contributed by atoms with E-state index in [0.29, 0.717) is 24.2 Å². The largest absolute Gasteiger partial charge is 0.366 e. The molecular weight excluding hydrogens is 250 g/mol. The van der Waals surface area contributed by atoms with Gasteiger partial charge in [0.05, 0.1) is 5.56 Å². The van der Waals surface area contributed by atoms with E-state index in [1.54, 1.807) is 18.3 Å². The van der Waals surface area contributed by atoms with Crippen molar-refractivity contribution in [2.75, 3.05) is 5.32 Å². The summed E-state index contributed by atoms with van der Waals surface area (Å²) in [6.45, 7) is 2.64. The van der Waals surface area contributed by atoms with Crippen molar-refractivity contribution in [3.05, 3.63) is 52.4 Å². The van der Waals surface area contributed by atoms with Crippen molar-refractivity contribution >= 4 is 23.7 Å². The Morgan fingerprint density at radius 3 is 2.89 bits per heavy atom. The number of anilines is 1. The van der Waals surface area contributed by atoms with E-state index in [1.807, 2.05) is 19.2 Å². The predicted molar refractivity (Wildman–Crippen MR) is 70.9 cm³/mol. The van der Waals surface area contributed by atoms with E-state index < -0.39 is 0 Å². The van der Waals surface area contributed by atoms with E-state index in [0.717, 1.165) is 11.1 Å². The Bertz CT molecular complexity index is 572. The molecular formula is C13H12ClN3O. The van der Waals surface area contributed by atoms with E-state index in [-0.39, 0.29) is 5.15 Å². The maximum absolute atomic E-state index is 10.6. The van der Waals surface area contributed by atoms with E-state index in [2.05, 4.69) is 15.3 Å². The van der Waals surface area contributed by atoms with Crippen molar-refractivity contribution in [3.63, 3.8) is 0 Å². The summed E-state index contributed by atoms with van der Waals surface area (Å²) in [7, 11) is 0. The summed E-state index contributed by atoms with van der Waals surface area (Å²) in [6, 6.07) is 5.31. The molecule has 0 aromatic carbocycles. The summed E-state index contributed by atoms with van der Waals surface area (Å²) in [5.41, 5.74) is 2.64. The summed E-state index contributed by atoms with van der Waals surface area (Å²) in [5.74, 6) is 0.633. The summed E-state index contributed by atoms with van der Waals surface area (Å²) >= 11 is 5.85. The molecule has 0 aliphatic rings. The van der Waals surface area contributed by atoms with Crippen LogP contribution in [0.4, 0.5) is 5.82 Å². The quantitative estimate of drug-likeness (QED) is 0.679. The van der Waals surface area contributed by atoms with Crippen LogP contribution in [-0.4, -0.2) is 16.3 Å². The molecule has 0 saturated heterocycles. The highest BCUT2D eigenvalue weighted by atomic mass is 35.5. The van der Waals surface area contributed by atoms with Crippen LogP contribution < -0.4 is 5.32 Å². The normalized spacial score (nSPS) is 10.1. The molecule has 0 saturated carbocycles. The number of hydrogen-bond donors (Lipinski definition) is 1. The van der Waals surface area contributed by atoms with Gasteiger partial charge >= 0.3 is 0 Å². The Morgan fingerprint density at radius 2 is 2.22 bits per heavy atom. The smallest absolute Gasteiger partial charge is 0.153 e. The standard InChI is InChI=1S/C13H12ClN3O/c1-9-4-5-15-6-11(9)7-16-12-3-2-10(8-18)13(14)17-12/h2-6,8H,7H2,1H3,(H,16,17). The fraction of sp³-hybridized carbons (Fsp3) is 0.154. The molecule has 2 aromatic rings. The molecule has 0 aliphatic carbocycles. The molecule has 0 spiro atoms. The average molecular weight is 262 g/mol. The summed E-state index contributed by atoms with van der Waals surface area (Å²) in [4.78, 5) is 18.8. The fourth-order valence-corrected chi connectivity index (χ4v) is 1.70. The number of carbonyl (C=O) groups excluding carboxylic acids is 1. The highest BCUT2D eigenvalue weighted by Crippen LogP contribution is 2.15. The Balaban J connectivity index is 2.09. The minimum absolute atomic E-state index is 0.206. The topological polar surface area (TPSA) is 54.9 Å². The number of pyridine rings is 2. The number of aldehydes is 1. The lowest BCUT2D eigenvalue weighted by Gasteiger charge is -2.08. The fourth-order valence-electron chi connectivity index (χ4n) is 1.50. The molecule has 0 bridgehead atoms. The molecule has 0 unspecified atom stereocenters. The summed E-state index contributed by atoms with van der Waals surface area (Å²) < 4.78 is 0. The number of rotatable bonds is 4. The zero-order valence-electron chi connectivity index (χ0n) is 9.85. The van der Waals surface area contributed by atoms with Gasteiger partial charge in [0.15, 0.2) is 6.29 Å². The van der Waals surface area contributed by atoms with Crippen LogP contribution >= 0.6 is 11.6 Å². The van der Waals surface area contributed by atoms with Gasteiger partial charge in [0.1, 0.15) is 11.0 Å². The van der Waals surface area contributed by atoms with Crippen LogP contribution in [0.3, 0.4) is 0 Å². The molecule has 2 heterocycles. The third-order valence-electron chi connectivity index (χ3n) is 2.61. The lowest BCUT2D eigenvalue weighted by molar-refractivity contribution is 0.112. The molecule has 4 nitrogen and oxygen atoms in total. The van der Waals surface area contributed by atoms with Gasteiger partial charge in [0.25, 0.3) is 0 Å². The number of nitrogens with one attached hydrogen (secondary N) is 1. The van der Waals surface area contributed by atoms with Crippen LogP contribution in [0.1, 0.15) is 21.5 Å². The molecule has 0 radical (unpaired) electrons. The van der Waals surface area contributed by atoms with Crippen molar-refractivity contribution in [1.82, 2.24) is 9.97 Å². The number of nitrogens with zero attached hydrogens (tertiary/aromatic N) is 2. The molecule has 1 N–H and O–H groups in total. The predicted octanol–water partition coefficient (Wildman–Crippen LogP) is 2.86. The molecule has 0 fully saturated rings. The van der Waals surface area contributed by atoms with Gasteiger partial charge in [-0.25, -0.2) is 4.98 Å². The first kappa shape index (κ1) is 12.5. The second-order valence-electron chi connectivity index (χ2n) is 3.85. The minimum Gasteiger partial charge on any atom is -0.366 e. The Labute approximate surface area is 110 Å². The van der Waals surface area contributed by atoms with Crippen molar-refractivity contribution in [3.8, 4) is 0 Å². The first-order valence-electron chi connectivity index (χ1n) is 5.46.